The molecule has 7 heteroatoms. The molecule has 0 aliphatic rings. The predicted molar refractivity (Wildman–Crippen MR) is 78.9 cm³/mol. The van der Waals surface area contributed by atoms with Crippen LogP contribution in [0.5, 0.6) is 0 Å². The number of carbonyl (C=O) groups is 1. The Morgan fingerprint density at radius 3 is 2.48 bits per heavy atom. The van der Waals surface area contributed by atoms with Gasteiger partial charge in [-0.2, -0.15) is 0 Å². The van der Waals surface area contributed by atoms with Crippen LogP contribution in [0.3, 0.4) is 0 Å². The molecule has 0 aliphatic heterocycles. The van der Waals surface area contributed by atoms with Crippen molar-refractivity contribution in [3.8, 4) is 0 Å². The first kappa shape index (κ1) is 17.6. The highest BCUT2D eigenvalue weighted by molar-refractivity contribution is 7.89. The fourth-order valence-electron chi connectivity index (χ4n) is 2.02. The van der Waals surface area contributed by atoms with Crippen molar-refractivity contribution < 1.29 is 23.4 Å². The van der Waals surface area contributed by atoms with Gasteiger partial charge in [-0.1, -0.05) is 19.9 Å². The Balaban J connectivity index is 3.14. The number of aromatic carboxylic acids is 1. The average Bonchev–Trinajstić information content (AvgIpc) is 2.45. The van der Waals surface area contributed by atoms with Gasteiger partial charge in [0.1, 0.15) is 0 Å². The third-order valence-electron chi connectivity index (χ3n) is 3.30. The van der Waals surface area contributed by atoms with E-state index in [2.05, 4.69) is 4.72 Å². The number of carboxylic acids is 1. The Bertz CT molecular complexity index is 597. The smallest absolute Gasteiger partial charge is 0.336 e. The lowest BCUT2D eigenvalue weighted by Gasteiger charge is -2.16. The molecule has 1 rings (SSSR count). The van der Waals surface area contributed by atoms with Crippen molar-refractivity contribution >= 4 is 16.0 Å². The Morgan fingerprint density at radius 1 is 1.33 bits per heavy atom. The van der Waals surface area contributed by atoms with Gasteiger partial charge in [-0.05, 0) is 37.0 Å². The zero-order valence-electron chi connectivity index (χ0n) is 12.2. The van der Waals surface area contributed by atoms with E-state index in [0.29, 0.717) is 24.8 Å². The minimum absolute atomic E-state index is 0.00409. The second-order valence-electron chi connectivity index (χ2n) is 4.72. The fraction of sp³-hybridized carbons (Fsp3) is 0.500. The van der Waals surface area contributed by atoms with E-state index >= 15 is 0 Å². The molecule has 1 atom stereocenters. The first-order chi connectivity index (χ1) is 9.85. The van der Waals surface area contributed by atoms with Crippen molar-refractivity contribution in [3.05, 3.63) is 29.3 Å². The van der Waals surface area contributed by atoms with Gasteiger partial charge >= 0.3 is 5.97 Å². The first-order valence-corrected chi connectivity index (χ1v) is 8.33. The maximum atomic E-state index is 12.3. The van der Waals surface area contributed by atoms with Crippen molar-refractivity contribution in [2.45, 2.75) is 44.0 Å². The summed E-state index contributed by atoms with van der Waals surface area (Å²) in [6, 6.07) is 3.72. The van der Waals surface area contributed by atoms with E-state index in [0.717, 1.165) is 0 Å². The minimum atomic E-state index is -3.80. The van der Waals surface area contributed by atoms with Crippen LogP contribution >= 0.6 is 0 Å². The molecule has 1 unspecified atom stereocenters. The van der Waals surface area contributed by atoms with Gasteiger partial charge < -0.3 is 10.2 Å². The summed E-state index contributed by atoms with van der Waals surface area (Å²) >= 11 is 0. The molecular weight excluding hydrogens is 294 g/mol. The topological polar surface area (TPSA) is 104 Å². The van der Waals surface area contributed by atoms with Crippen LogP contribution in [0, 0.1) is 0 Å². The van der Waals surface area contributed by atoms with Gasteiger partial charge in [0, 0.05) is 12.6 Å². The Hall–Kier alpha value is -1.44. The lowest BCUT2D eigenvalue weighted by atomic mass is 10.1. The zero-order valence-corrected chi connectivity index (χ0v) is 13.0. The molecule has 0 aliphatic carbocycles. The van der Waals surface area contributed by atoms with Gasteiger partial charge in [0.25, 0.3) is 0 Å². The number of aliphatic hydroxyl groups excluding tert-OH is 1. The van der Waals surface area contributed by atoms with Crippen molar-refractivity contribution in [1.82, 2.24) is 4.72 Å². The number of carboxylic acid groups (broad SMARTS) is 1. The molecule has 21 heavy (non-hydrogen) atoms. The third-order valence-corrected chi connectivity index (χ3v) is 4.81. The normalized spacial score (nSPS) is 13.1. The summed E-state index contributed by atoms with van der Waals surface area (Å²) in [5, 5.41) is 18.1. The minimum Gasteiger partial charge on any atom is -0.478 e. The highest BCUT2D eigenvalue weighted by Gasteiger charge is 2.21. The summed E-state index contributed by atoms with van der Waals surface area (Å²) in [7, 11) is -3.80. The van der Waals surface area contributed by atoms with Crippen molar-refractivity contribution in [3.63, 3.8) is 0 Å². The Morgan fingerprint density at radius 2 is 2.00 bits per heavy atom. The molecule has 0 aromatic heterocycles. The maximum absolute atomic E-state index is 12.3. The van der Waals surface area contributed by atoms with Crippen LogP contribution in [0.25, 0.3) is 0 Å². The summed E-state index contributed by atoms with van der Waals surface area (Å²) in [6.07, 6.45) is 1.37. The number of sulfonamides is 1. The van der Waals surface area contributed by atoms with Crippen LogP contribution in [0.2, 0.25) is 0 Å². The molecule has 0 bridgehead atoms. The van der Waals surface area contributed by atoms with E-state index in [1.54, 1.807) is 0 Å². The Kier molecular flexibility index (Phi) is 6.32. The quantitative estimate of drug-likeness (QED) is 0.672. The standard InChI is InChI=1S/C14H21NO5S/c1-3-10-5-6-12(9-13(10)14(17)18)21(19,20)15-11(4-2)7-8-16/h5-6,9,11,15-16H,3-4,7-8H2,1-2H3,(H,17,18). The van der Waals surface area contributed by atoms with E-state index in [4.69, 9.17) is 10.2 Å². The fourth-order valence-corrected chi connectivity index (χ4v) is 3.40. The zero-order chi connectivity index (χ0) is 16.0. The second-order valence-corrected chi connectivity index (χ2v) is 6.43. The van der Waals surface area contributed by atoms with Gasteiger partial charge in [0.2, 0.25) is 10.0 Å². The number of hydrogen-bond acceptors (Lipinski definition) is 4. The molecule has 0 radical (unpaired) electrons. The number of benzene rings is 1. The van der Waals surface area contributed by atoms with Crippen molar-refractivity contribution in [1.29, 1.82) is 0 Å². The highest BCUT2D eigenvalue weighted by atomic mass is 32.2. The number of aryl methyl sites for hydroxylation is 1. The predicted octanol–water partition coefficient (Wildman–Crippen LogP) is 1.39. The van der Waals surface area contributed by atoms with Crippen LogP contribution in [0.15, 0.2) is 23.1 Å². The molecule has 3 N–H and O–H groups in total. The largest absolute Gasteiger partial charge is 0.478 e. The molecule has 0 fully saturated rings. The van der Waals surface area contributed by atoms with Gasteiger partial charge in [0.05, 0.1) is 10.5 Å². The van der Waals surface area contributed by atoms with E-state index in [1.165, 1.54) is 18.2 Å². The number of nitrogens with one attached hydrogen (secondary N) is 1. The van der Waals surface area contributed by atoms with Crippen LogP contribution in [-0.4, -0.2) is 37.2 Å². The molecule has 118 valence electrons. The molecule has 0 heterocycles. The summed E-state index contributed by atoms with van der Waals surface area (Å²) in [5.74, 6) is -1.15. The molecule has 0 saturated heterocycles. The molecule has 0 amide bonds. The van der Waals surface area contributed by atoms with Crippen LogP contribution in [0.1, 0.15) is 42.6 Å². The van der Waals surface area contributed by atoms with Gasteiger partial charge in [-0.15, -0.1) is 0 Å². The Labute approximate surface area is 124 Å². The molecule has 1 aromatic carbocycles. The van der Waals surface area contributed by atoms with E-state index in [1.807, 2.05) is 13.8 Å². The average molecular weight is 315 g/mol. The third kappa shape index (κ3) is 4.52. The maximum Gasteiger partial charge on any atom is 0.336 e. The number of hydrogen-bond donors (Lipinski definition) is 3. The van der Waals surface area contributed by atoms with Crippen molar-refractivity contribution in [2.75, 3.05) is 6.61 Å². The van der Waals surface area contributed by atoms with Crippen LogP contribution in [0.4, 0.5) is 0 Å². The molecule has 6 nitrogen and oxygen atoms in total. The molecule has 1 aromatic rings. The van der Waals surface area contributed by atoms with Crippen LogP contribution < -0.4 is 4.72 Å². The lowest BCUT2D eigenvalue weighted by molar-refractivity contribution is 0.0695. The molecular formula is C14H21NO5S. The van der Waals surface area contributed by atoms with E-state index in [9.17, 15) is 13.2 Å². The van der Waals surface area contributed by atoms with Gasteiger partial charge in [-0.25, -0.2) is 17.9 Å². The monoisotopic (exact) mass is 315 g/mol. The summed E-state index contributed by atoms with van der Waals surface area (Å²) in [4.78, 5) is 11.1. The van der Waals surface area contributed by atoms with Gasteiger partial charge in [-0.3, -0.25) is 0 Å². The second kappa shape index (κ2) is 7.53. The summed E-state index contributed by atoms with van der Waals surface area (Å²) < 4.78 is 27.0. The summed E-state index contributed by atoms with van der Waals surface area (Å²) in [5.41, 5.74) is 0.583. The van der Waals surface area contributed by atoms with Crippen LogP contribution in [-0.2, 0) is 16.4 Å². The van der Waals surface area contributed by atoms with E-state index in [-0.39, 0.29) is 23.1 Å². The highest BCUT2D eigenvalue weighted by Crippen LogP contribution is 2.18. The number of rotatable bonds is 8. The van der Waals surface area contributed by atoms with E-state index < -0.39 is 16.0 Å². The molecule has 0 spiro atoms. The van der Waals surface area contributed by atoms with Gasteiger partial charge in [0.15, 0.2) is 0 Å². The summed E-state index contributed by atoms with van der Waals surface area (Å²) in [6.45, 7) is 3.50. The lowest BCUT2D eigenvalue weighted by Crippen LogP contribution is -2.35. The first-order valence-electron chi connectivity index (χ1n) is 6.85. The number of aliphatic hydroxyl groups is 1. The SMILES string of the molecule is CCc1ccc(S(=O)(=O)NC(CC)CCO)cc1C(=O)O. The van der Waals surface area contributed by atoms with Crippen molar-refractivity contribution in [2.24, 2.45) is 0 Å². The molecule has 0 saturated carbocycles.